The van der Waals surface area contributed by atoms with Crippen LogP contribution >= 0.6 is 11.6 Å². The number of nitrogens with two attached hydrogens (primary N) is 3. The van der Waals surface area contributed by atoms with Crippen LogP contribution in [0, 0.1) is 0 Å². The number of hydrogen-bond donors (Lipinski definition) is 3. The highest BCUT2D eigenvalue weighted by atomic mass is 35.5. The summed E-state index contributed by atoms with van der Waals surface area (Å²) in [6.07, 6.45) is 10.7. The zero-order valence-corrected chi connectivity index (χ0v) is 15.5. The Labute approximate surface area is 166 Å². The zero-order valence-electron chi connectivity index (χ0n) is 14.8. The van der Waals surface area contributed by atoms with Crippen LogP contribution < -0.4 is 30.9 Å². The minimum Gasteiger partial charge on any atom is -0.399 e. The van der Waals surface area contributed by atoms with Crippen LogP contribution in [0.25, 0.3) is 17.6 Å². The van der Waals surface area contributed by atoms with E-state index >= 15 is 0 Å². The lowest BCUT2D eigenvalue weighted by atomic mass is 10.4. The molecule has 0 aliphatic heterocycles. The highest BCUT2D eigenvalue weighted by Gasteiger charge is 2.32. The van der Waals surface area contributed by atoms with Gasteiger partial charge in [-0.2, -0.15) is 4.57 Å². The molecule has 9 heteroatoms. The second-order valence-electron chi connectivity index (χ2n) is 6.10. The Morgan fingerprint density at radius 3 is 1.25 bits per heavy atom. The van der Waals surface area contributed by atoms with Crippen molar-refractivity contribution < 1.29 is 13.7 Å². The number of pyridine rings is 3. The summed E-state index contributed by atoms with van der Waals surface area (Å²) in [5.74, 6) is 1.45. The van der Waals surface area contributed by atoms with Gasteiger partial charge in [0.1, 0.15) is 0 Å². The van der Waals surface area contributed by atoms with Gasteiger partial charge in [-0.15, -0.1) is 0 Å². The van der Waals surface area contributed by atoms with Crippen LogP contribution in [-0.2, 0) is 0 Å². The van der Waals surface area contributed by atoms with Gasteiger partial charge < -0.3 is 17.2 Å². The molecule has 4 aromatic rings. The molecule has 8 nitrogen and oxygen atoms in total. The van der Waals surface area contributed by atoms with Crippen molar-refractivity contribution in [3.8, 4) is 17.6 Å². The topological polar surface area (TPSA) is 115 Å². The lowest BCUT2D eigenvalue weighted by molar-refractivity contribution is -0.623. The maximum atomic E-state index is 6.68. The summed E-state index contributed by atoms with van der Waals surface area (Å²) < 4.78 is 5.32. The van der Waals surface area contributed by atoms with E-state index in [9.17, 15) is 0 Å². The Bertz CT molecular complexity index is 1060. The van der Waals surface area contributed by atoms with Crippen molar-refractivity contribution in [1.82, 2.24) is 9.97 Å². The minimum atomic E-state index is 0.379. The fourth-order valence-corrected chi connectivity index (χ4v) is 2.88. The molecule has 0 aliphatic carbocycles. The van der Waals surface area contributed by atoms with E-state index in [-0.39, 0.29) is 0 Å². The molecule has 28 heavy (non-hydrogen) atoms. The molecule has 0 aromatic carbocycles. The van der Waals surface area contributed by atoms with Crippen LogP contribution in [0.3, 0.4) is 0 Å². The summed E-state index contributed by atoms with van der Waals surface area (Å²) in [7, 11) is 0. The van der Waals surface area contributed by atoms with E-state index < -0.39 is 0 Å². The van der Waals surface area contributed by atoms with Crippen LogP contribution in [0.5, 0.6) is 0 Å². The van der Waals surface area contributed by atoms with Crippen molar-refractivity contribution in [2.24, 2.45) is 0 Å². The number of hydrogen-bond acceptors (Lipinski definition) is 5. The van der Waals surface area contributed by atoms with Crippen molar-refractivity contribution in [1.29, 1.82) is 0 Å². The van der Waals surface area contributed by atoms with Crippen molar-refractivity contribution in [3.05, 3.63) is 78.6 Å². The second-order valence-corrected chi connectivity index (χ2v) is 6.48. The molecule has 0 atom stereocenters. The number of rotatable bonds is 3. The van der Waals surface area contributed by atoms with E-state index in [1.165, 1.54) is 0 Å². The van der Waals surface area contributed by atoms with E-state index in [1.54, 1.807) is 87.3 Å². The van der Waals surface area contributed by atoms with Crippen molar-refractivity contribution >= 4 is 28.7 Å². The third kappa shape index (κ3) is 3.40. The first-order chi connectivity index (χ1) is 13.5. The monoisotopic (exact) mass is 393 g/mol. The zero-order chi connectivity index (χ0) is 19.7. The van der Waals surface area contributed by atoms with Crippen LogP contribution in [0.1, 0.15) is 0 Å². The molecule has 0 aliphatic rings. The van der Waals surface area contributed by atoms with Crippen molar-refractivity contribution in [2.45, 2.75) is 0 Å². The van der Waals surface area contributed by atoms with Gasteiger partial charge in [0.2, 0.25) is 5.02 Å². The third-order valence-corrected chi connectivity index (χ3v) is 4.43. The smallest absolute Gasteiger partial charge is 0.399 e. The molecule has 4 heterocycles. The summed E-state index contributed by atoms with van der Waals surface area (Å²) in [6, 6.07) is 10.6. The molecular weight excluding hydrogens is 376 g/mol. The normalized spacial score (nSPS) is 10.8. The Morgan fingerprint density at radius 2 is 0.893 bits per heavy atom. The van der Waals surface area contributed by atoms with Crippen LogP contribution in [-0.4, -0.2) is 9.97 Å². The minimum absolute atomic E-state index is 0.379. The first-order valence-corrected chi connectivity index (χ1v) is 8.78. The van der Waals surface area contributed by atoms with Gasteiger partial charge in [-0.3, -0.25) is 0 Å². The highest BCUT2D eigenvalue weighted by molar-refractivity contribution is 6.33. The van der Waals surface area contributed by atoms with Gasteiger partial charge in [-0.1, -0.05) is 11.6 Å². The SMILES string of the molecule is Nc1cc[n+](-c2nc(-[n+]3ccc(N)cc3)c(Cl)c(-[n+]3ccc(N)cc3)n2)cc1. The van der Waals surface area contributed by atoms with Crippen molar-refractivity contribution in [3.63, 3.8) is 0 Å². The van der Waals surface area contributed by atoms with E-state index in [4.69, 9.17) is 28.8 Å². The standard InChI is InChI=1S/C19H15ClN8/c20-16-17(26-7-1-13(21)2-8-26)24-19(28-11-5-15(23)6-12-28)25-18(16)27-9-3-14(22)4-10-27/h1-12,21-23H/p+3. The number of nitrogens with zero attached hydrogens (tertiary/aromatic N) is 5. The third-order valence-electron chi connectivity index (χ3n) is 4.09. The molecule has 4 aromatic heterocycles. The number of anilines is 3. The summed E-state index contributed by atoms with van der Waals surface area (Å²) in [6.45, 7) is 0. The lowest BCUT2D eigenvalue weighted by Gasteiger charge is -2.02. The summed E-state index contributed by atoms with van der Waals surface area (Å²) in [4.78, 5) is 9.28. The average molecular weight is 394 g/mol. The summed E-state index contributed by atoms with van der Waals surface area (Å²) >= 11 is 6.68. The molecule has 0 unspecified atom stereocenters. The van der Waals surface area contributed by atoms with Gasteiger partial charge in [-0.25, -0.2) is 9.13 Å². The molecule has 0 saturated carbocycles. The van der Waals surface area contributed by atoms with Gasteiger partial charge in [-0.05, 0) is 12.1 Å². The first-order valence-electron chi connectivity index (χ1n) is 8.40. The summed E-state index contributed by atoms with van der Waals surface area (Å²) in [5, 5.41) is 0.379. The summed E-state index contributed by atoms with van der Waals surface area (Å²) in [5.41, 5.74) is 19.3. The molecule has 0 spiro atoms. The highest BCUT2D eigenvalue weighted by Crippen LogP contribution is 2.19. The molecule has 0 radical (unpaired) electrons. The molecule has 0 fully saturated rings. The number of nitrogen functional groups attached to an aromatic ring is 3. The number of aromatic nitrogens is 5. The maximum Gasteiger partial charge on any atom is 0.517 e. The molecular formula is C19H18ClN8+3. The quantitative estimate of drug-likeness (QED) is 0.443. The Kier molecular flexibility index (Phi) is 4.46. The van der Waals surface area contributed by atoms with Gasteiger partial charge >= 0.3 is 17.6 Å². The maximum absolute atomic E-state index is 6.68. The van der Waals surface area contributed by atoms with Crippen molar-refractivity contribution in [2.75, 3.05) is 17.2 Å². The van der Waals surface area contributed by atoms with Gasteiger partial charge in [0, 0.05) is 51.3 Å². The van der Waals surface area contributed by atoms with Crippen LogP contribution in [0.15, 0.2) is 73.6 Å². The Balaban J connectivity index is 1.95. The predicted octanol–water partition coefficient (Wildman–Crippen LogP) is 0.707. The van der Waals surface area contributed by atoms with E-state index in [1.807, 2.05) is 0 Å². The molecule has 0 amide bonds. The molecule has 4 rings (SSSR count). The number of halogens is 1. The Morgan fingerprint density at radius 1 is 0.571 bits per heavy atom. The van der Waals surface area contributed by atoms with Crippen LogP contribution in [0.2, 0.25) is 5.02 Å². The van der Waals surface area contributed by atoms with Crippen LogP contribution in [0.4, 0.5) is 17.1 Å². The lowest BCUT2D eigenvalue weighted by Crippen LogP contribution is -2.41. The van der Waals surface area contributed by atoms with E-state index in [0.717, 1.165) is 0 Å². The Hall–Kier alpha value is -3.78. The molecule has 6 N–H and O–H groups in total. The second kappa shape index (κ2) is 7.09. The van der Waals surface area contributed by atoms with Gasteiger partial charge in [0.15, 0.2) is 0 Å². The van der Waals surface area contributed by atoms with Gasteiger partial charge in [0.25, 0.3) is 0 Å². The molecule has 138 valence electrons. The average Bonchev–Trinajstić information content (AvgIpc) is 2.70. The van der Waals surface area contributed by atoms with E-state index in [2.05, 4.69) is 9.97 Å². The van der Waals surface area contributed by atoms with E-state index in [0.29, 0.717) is 39.7 Å². The first kappa shape index (κ1) is 17.6. The largest absolute Gasteiger partial charge is 0.517 e. The molecule has 0 bridgehead atoms. The molecule has 0 saturated heterocycles. The predicted molar refractivity (Wildman–Crippen MR) is 105 cm³/mol. The fraction of sp³-hybridized carbons (Fsp3) is 0. The van der Waals surface area contributed by atoms with Gasteiger partial charge in [0.05, 0.1) is 37.2 Å². The fourth-order valence-electron chi connectivity index (χ4n) is 2.60.